The van der Waals surface area contributed by atoms with Gasteiger partial charge < -0.3 is 4.74 Å². The van der Waals surface area contributed by atoms with Gasteiger partial charge in [0, 0.05) is 0 Å². The summed E-state index contributed by atoms with van der Waals surface area (Å²) in [6, 6.07) is 0. The number of esters is 1. The summed E-state index contributed by atoms with van der Waals surface area (Å²) < 4.78 is 227. The Balaban J connectivity index is 6.59. The van der Waals surface area contributed by atoms with Crippen LogP contribution in [0.2, 0.25) is 0 Å². The predicted octanol–water partition coefficient (Wildman–Crippen LogP) is 6.45. The van der Waals surface area contributed by atoms with Gasteiger partial charge in [0.2, 0.25) is 0 Å². The van der Waals surface area contributed by atoms with E-state index >= 15 is 0 Å². The minimum atomic E-state index is -8.04. The Kier molecular flexibility index (Phi) is 9.09. The maximum atomic E-state index is 14.1. The lowest BCUT2D eigenvalue weighted by Gasteiger charge is -2.39. The Hall–Kier alpha value is -1.80. The van der Waals surface area contributed by atoms with Gasteiger partial charge in [-0.25, -0.2) is 4.79 Å². The van der Waals surface area contributed by atoms with Gasteiger partial charge in [0.25, 0.3) is 0 Å². The highest BCUT2D eigenvalue weighted by Crippen LogP contribution is 2.56. The summed E-state index contributed by atoms with van der Waals surface area (Å²) >= 11 is 0. The molecule has 35 heavy (non-hydrogen) atoms. The van der Waals surface area contributed by atoms with E-state index in [1.807, 2.05) is 4.74 Å². The standard InChI is InChI=1S/C14H11F17O4/c1-5(2)3-4-33-6(32)7(15,10(19,20)21)34-14(30,31)9(18,12(25,26)27)35-13(28,29)8(16,17)11(22,23)24/h5H,3-4H2,1-2H3/t7-,9+/m0/s1. The third-order valence-corrected chi connectivity index (χ3v) is 3.55. The first kappa shape index (κ1) is 33.2. The van der Waals surface area contributed by atoms with Gasteiger partial charge in [-0.2, -0.15) is 74.6 Å². The summed E-state index contributed by atoms with van der Waals surface area (Å²) in [5.41, 5.74) is 0. The molecule has 0 N–H and O–H groups in total. The van der Waals surface area contributed by atoms with E-state index in [1.54, 1.807) is 0 Å². The minimum Gasteiger partial charge on any atom is -0.461 e. The number of hydrogen-bond acceptors (Lipinski definition) is 4. The molecule has 0 saturated carbocycles. The topological polar surface area (TPSA) is 44.8 Å². The van der Waals surface area contributed by atoms with Crippen LogP contribution in [0.5, 0.6) is 0 Å². The number of alkyl halides is 17. The van der Waals surface area contributed by atoms with Crippen molar-refractivity contribution in [2.75, 3.05) is 6.61 Å². The number of rotatable bonds is 10. The zero-order chi connectivity index (χ0) is 28.7. The molecule has 0 unspecified atom stereocenters. The van der Waals surface area contributed by atoms with Gasteiger partial charge in [-0.15, -0.1) is 0 Å². The molecule has 0 aromatic rings. The van der Waals surface area contributed by atoms with Crippen LogP contribution < -0.4 is 0 Å². The van der Waals surface area contributed by atoms with Crippen LogP contribution in [-0.4, -0.2) is 61.0 Å². The van der Waals surface area contributed by atoms with Gasteiger partial charge in [-0.05, 0) is 12.3 Å². The molecule has 0 aliphatic rings. The van der Waals surface area contributed by atoms with Crippen molar-refractivity contribution >= 4 is 5.97 Å². The lowest BCUT2D eigenvalue weighted by molar-refractivity contribution is -0.548. The van der Waals surface area contributed by atoms with Gasteiger partial charge in [0.05, 0.1) is 6.61 Å². The van der Waals surface area contributed by atoms with Crippen molar-refractivity contribution in [3.8, 4) is 0 Å². The maximum absolute atomic E-state index is 14.1. The Morgan fingerprint density at radius 3 is 1.37 bits per heavy atom. The number of hydrogen-bond donors (Lipinski definition) is 0. The largest absolute Gasteiger partial charge is 0.462 e. The number of carbonyl (C=O) groups is 1. The molecule has 0 heterocycles. The minimum absolute atomic E-state index is 0.437. The van der Waals surface area contributed by atoms with Gasteiger partial charge in [0.1, 0.15) is 0 Å². The average Bonchev–Trinajstić information content (AvgIpc) is 2.57. The van der Waals surface area contributed by atoms with E-state index in [0.29, 0.717) is 0 Å². The summed E-state index contributed by atoms with van der Waals surface area (Å²) in [4.78, 5) is 11.3. The van der Waals surface area contributed by atoms with Crippen molar-refractivity contribution < 1.29 is 93.6 Å². The van der Waals surface area contributed by atoms with Crippen molar-refractivity contribution in [3.63, 3.8) is 0 Å². The highest BCUT2D eigenvalue weighted by molar-refractivity contribution is 5.78. The van der Waals surface area contributed by atoms with Crippen molar-refractivity contribution in [1.29, 1.82) is 0 Å². The molecule has 0 aromatic heterocycles. The van der Waals surface area contributed by atoms with E-state index in [2.05, 4.69) is 4.74 Å². The van der Waals surface area contributed by atoms with Crippen LogP contribution in [0.1, 0.15) is 20.3 Å². The molecule has 0 rings (SSSR count). The van der Waals surface area contributed by atoms with Crippen LogP contribution in [-0.2, 0) is 19.0 Å². The number of carbonyl (C=O) groups excluding carboxylic acids is 1. The molecule has 0 spiro atoms. The lowest BCUT2D eigenvalue weighted by atomic mass is 10.1. The summed E-state index contributed by atoms with van der Waals surface area (Å²) in [5.74, 6) is -26.9. The summed E-state index contributed by atoms with van der Waals surface area (Å²) in [6.07, 6.45) is -39.0. The second-order valence-corrected chi connectivity index (χ2v) is 6.81. The van der Waals surface area contributed by atoms with Gasteiger partial charge in [-0.1, -0.05) is 13.8 Å². The van der Waals surface area contributed by atoms with Crippen LogP contribution in [0.15, 0.2) is 0 Å². The van der Waals surface area contributed by atoms with E-state index in [0.717, 1.165) is 0 Å². The fourth-order valence-electron chi connectivity index (χ4n) is 1.63. The summed E-state index contributed by atoms with van der Waals surface area (Å²) in [6.45, 7) is 1.36. The fraction of sp³-hybridized carbons (Fsp3) is 0.929. The van der Waals surface area contributed by atoms with E-state index in [4.69, 9.17) is 0 Å². The van der Waals surface area contributed by atoms with Crippen molar-refractivity contribution in [3.05, 3.63) is 0 Å². The molecule has 4 nitrogen and oxygen atoms in total. The molecule has 0 saturated heterocycles. The highest BCUT2D eigenvalue weighted by atomic mass is 19.4. The Morgan fingerprint density at radius 1 is 0.629 bits per heavy atom. The molecule has 0 bridgehead atoms. The summed E-state index contributed by atoms with van der Waals surface area (Å²) in [5, 5.41) is 0. The van der Waals surface area contributed by atoms with E-state index in [-0.39, 0.29) is 0 Å². The van der Waals surface area contributed by atoms with Gasteiger partial charge in [0.15, 0.2) is 0 Å². The molecule has 0 radical (unpaired) electrons. The molecular weight excluding hydrogens is 555 g/mol. The third kappa shape index (κ3) is 6.50. The molecule has 0 fully saturated rings. The fourth-order valence-corrected chi connectivity index (χ4v) is 1.63. The van der Waals surface area contributed by atoms with E-state index in [1.165, 1.54) is 18.6 Å². The monoisotopic (exact) mass is 566 g/mol. The molecule has 21 heteroatoms. The zero-order valence-corrected chi connectivity index (χ0v) is 16.5. The Labute approximate surface area is 182 Å². The van der Waals surface area contributed by atoms with Gasteiger partial charge in [-0.3, -0.25) is 9.47 Å². The molecule has 0 aliphatic carbocycles. The van der Waals surface area contributed by atoms with Crippen LogP contribution in [0.4, 0.5) is 74.6 Å². The number of ether oxygens (including phenoxy) is 3. The lowest BCUT2D eigenvalue weighted by Crippen LogP contribution is -2.68. The van der Waals surface area contributed by atoms with Crippen LogP contribution in [0.25, 0.3) is 0 Å². The molecular formula is C14H11F17O4. The Morgan fingerprint density at radius 2 is 1.06 bits per heavy atom. The van der Waals surface area contributed by atoms with Crippen LogP contribution >= 0.6 is 0 Å². The molecule has 0 aromatic carbocycles. The first-order chi connectivity index (χ1) is 15.0. The molecule has 0 aliphatic heterocycles. The third-order valence-electron chi connectivity index (χ3n) is 3.55. The number of halogens is 17. The molecule has 2 atom stereocenters. The normalized spacial score (nSPS) is 18.3. The van der Waals surface area contributed by atoms with Crippen LogP contribution in [0, 0.1) is 5.92 Å². The smallest absolute Gasteiger partial charge is 0.461 e. The summed E-state index contributed by atoms with van der Waals surface area (Å²) in [7, 11) is 0. The second-order valence-electron chi connectivity index (χ2n) is 6.81. The van der Waals surface area contributed by atoms with Crippen molar-refractivity contribution in [1.82, 2.24) is 0 Å². The van der Waals surface area contributed by atoms with E-state index < -0.39 is 73.3 Å². The maximum Gasteiger partial charge on any atom is 0.462 e. The first-order valence-corrected chi connectivity index (χ1v) is 8.29. The van der Waals surface area contributed by atoms with Crippen molar-refractivity contribution in [2.24, 2.45) is 5.92 Å². The van der Waals surface area contributed by atoms with E-state index in [9.17, 15) is 79.4 Å². The second kappa shape index (κ2) is 9.58. The first-order valence-electron chi connectivity index (χ1n) is 8.29. The molecule has 210 valence electrons. The van der Waals surface area contributed by atoms with Crippen LogP contribution in [0.3, 0.4) is 0 Å². The zero-order valence-electron chi connectivity index (χ0n) is 16.5. The SMILES string of the molecule is CC(C)CCOC(=O)[C@](F)(OC(F)(F)[C@](F)(OC(F)(F)C(F)(F)C(F)(F)F)C(F)(F)F)C(F)(F)F. The quantitative estimate of drug-likeness (QED) is 0.226. The predicted molar refractivity (Wildman–Crippen MR) is 73.3 cm³/mol. The molecule has 0 amide bonds. The van der Waals surface area contributed by atoms with Gasteiger partial charge >= 0.3 is 54.3 Å². The Bertz CT molecular complexity index is 741. The average molecular weight is 566 g/mol. The highest BCUT2D eigenvalue weighted by Gasteiger charge is 2.85. The van der Waals surface area contributed by atoms with Crippen molar-refractivity contribution in [2.45, 2.75) is 68.6 Å².